The second kappa shape index (κ2) is 9.96. The molecule has 8 nitrogen and oxygen atoms in total. The summed E-state index contributed by atoms with van der Waals surface area (Å²) in [5, 5.41) is 7.94. The van der Waals surface area contributed by atoms with Gasteiger partial charge in [-0.05, 0) is 49.2 Å². The van der Waals surface area contributed by atoms with E-state index >= 15 is 0 Å². The zero-order chi connectivity index (χ0) is 24.2. The third kappa shape index (κ3) is 5.55. The molecule has 2 aromatic carbocycles. The Morgan fingerprint density at radius 2 is 1.74 bits per heavy atom. The number of anilines is 1. The van der Waals surface area contributed by atoms with Gasteiger partial charge >= 0.3 is 5.97 Å². The molecular weight excluding hydrogens is 452 g/mol. The molecule has 0 aliphatic carbocycles. The minimum absolute atomic E-state index is 0.131. The fraction of sp³-hybridized carbons (Fsp3) is 0.240. The van der Waals surface area contributed by atoms with Gasteiger partial charge in [-0.1, -0.05) is 42.9 Å². The Morgan fingerprint density at radius 3 is 2.41 bits per heavy atom. The number of hydrogen-bond acceptors (Lipinski definition) is 7. The van der Waals surface area contributed by atoms with Crippen molar-refractivity contribution in [2.75, 3.05) is 5.32 Å². The number of benzene rings is 2. The molecule has 9 heteroatoms. The standard InChI is InChI=1S/C25H24N4O4S/c1-15(2)12-21-28-29-22(30)13-20(27-25(29)34-21)14-33-24(32)18-8-10-19(11-9-18)26-23(31)17-6-4-16(3)5-7-17/h4-11,13,15H,12,14H2,1-3H3,(H,26,31). The molecule has 0 atom stereocenters. The first-order valence-corrected chi connectivity index (χ1v) is 11.6. The molecule has 0 bridgehead atoms. The van der Waals surface area contributed by atoms with Crippen LogP contribution in [0.5, 0.6) is 0 Å². The lowest BCUT2D eigenvalue weighted by Crippen LogP contribution is -2.17. The summed E-state index contributed by atoms with van der Waals surface area (Å²) in [6.07, 6.45) is 0.763. The molecule has 0 aliphatic heterocycles. The van der Waals surface area contributed by atoms with Gasteiger partial charge in [0.15, 0.2) is 0 Å². The Morgan fingerprint density at radius 1 is 1.06 bits per heavy atom. The van der Waals surface area contributed by atoms with Gasteiger partial charge in [-0.15, -0.1) is 0 Å². The van der Waals surface area contributed by atoms with E-state index < -0.39 is 5.97 Å². The molecule has 2 heterocycles. The summed E-state index contributed by atoms with van der Waals surface area (Å²) in [4.78, 5) is 42.0. The number of aromatic nitrogens is 3. The molecule has 0 radical (unpaired) electrons. The predicted octanol–water partition coefficient (Wildman–Crippen LogP) is 4.27. The van der Waals surface area contributed by atoms with E-state index in [1.54, 1.807) is 36.4 Å². The SMILES string of the molecule is Cc1ccc(C(=O)Nc2ccc(C(=O)OCc3cc(=O)n4nc(CC(C)C)sc4n3)cc2)cc1. The van der Waals surface area contributed by atoms with E-state index in [0.29, 0.717) is 33.4 Å². The van der Waals surface area contributed by atoms with E-state index in [4.69, 9.17) is 4.74 Å². The number of nitrogens with zero attached hydrogens (tertiary/aromatic N) is 3. The normalized spacial score (nSPS) is 11.1. The maximum Gasteiger partial charge on any atom is 0.338 e. The highest BCUT2D eigenvalue weighted by atomic mass is 32.1. The van der Waals surface area contributed by atoms with Crippen LogP contribution in [0.4, 0.5) is 5.69 Å². The minimum atomic E-state index is -0.553. The highest BCUT2D eigenvalue weighted by Crippen LogP contribution is 2.16. The van der Waals surface area contributed by atoms with Gasteiger partial charge in [-0.25, -0.2) is 9.78 Å². The van der Waals surface area contributed by atoms with Gasteiger partial charge in [-0.2, -0.15) is 9.61 Å². The van der Waals surface area contributed by atoms with Crippen molar-refractivity contribution in [2.45, 2.75) is 33.8 Å². The van der Waals surface area contributed by atoms with E-state index in [9.17, 15) is 14.4 Å². The number of aryl methyl sites for hydroxylation is 1. The molecule has 4 aromatic rings. The zero-order valence-corrected chi connectivity index (χ0v) is 19.9. The molecule has 0 saturated carbocycles. The molecule has 0 aliphatic rings. The Balaban J connectivity index is 1.38. The summed E-state index contributed by atoms with van der Waals surface area (Å²) in [6, 6.07) is 15.0. The maximum absolute atomic E-state index is 12.4. The number of esters is 1. The van der Waals surface area contributed by atoms with Crippen LogP contribution in [-0.2, 0) is 17.8 Å². The Labute approximate surface area is 200 Å². The molecule has 0 saturated heterocycles. The van der Waals surface area contributed by atoms with Gasteiger partial charge in [-0.3, -0.25) is 9.59 Å². The number of rotatable bonds is 7. The van der Waals surface area contributed by atoms with Gasteiger partial charge < -0.3 is 10.1 Å². The number of hydrogen-bond donors (Lipinski definition) is 1. The van der Waals surface area contributed by atoms with Gasteiger partial charge in [0.2, 0.25) is 4.96 Å². The topological polar surface area (TPSA) is 103 Å². The molecule has 0 unspecified atom stereocenters. The number of nitrogens with one attached hydrogen (secondary N) is 1. The fourth-order valence-corrected chi connectivity index (χ4v) is 4.35. The van der Waals surface area contributed by atoms with Crippen molar-refractivity contribution in [3.63, 3.8) is 0 Å². The average molecular weight is 477 g/mol. The molecule has 0 fully saturated rings. The number of carbonyl (C=O) groups is 2. The molecule has 174 valence electrons. The first kappa shape index (κ1) is 23.3. The van der Waals surface area contributed by atoms with E-state index in [-0.39, 0.29) is 18.1 Å². The second-order valence-electron chi connectivity index (χ2n) is 8.35. The predicted molar refractivity (Wildman–Crippen MR) is 130 cm³/mol. The lowest BCUT2D eigenvalue weighted by Gasteiger charge is -2.07. The van der Waals surface area contributed by atoms with Gasteiger partial charge in [0.05, 0.1) is 11.3 Å². The first-order chi connectivity index (χ1) is 16.3. The summed E-state index contributed by atoms with van der Waals surface area (Å²) in [5.41, 5.74) is 2.55. The summed E-state index contributed by atoms with van der Waals surface area (Å²) >= 11 is 1.36. The van der Waals surface area contributed by atoms with Gasteiger partial charge in [0.1, 0.15) is 11.6 Å². The monoisotopic (exact) mass is 476 g/mol. The lowest BCUT2D eigenvalue weighted by atomic mass is 10.1. The fourth-order valence-electron chi connectivity index (χ4n) is 3.22. The number of amides is 1. The Kier molecular flexibility index (Phi) is 6.83. The quantitative estimate of drug-likeness (QED) is 0.400. The van der Waals surface area contributed by atoms with Crippen LogP contribution in [0, 0.1) is 12.8 Å². The number of fused-ring (bicyclic) bond motifs is 1. The average Bonchev–Trinajstić information content (AvgIpc) is 3.20. The first-order valence-electron chi connectivity index (χ1n) is 10.8. The molecular formula is C25H24N4O4S. The van der Waals surface area contributed by atoms with Crippen LogP contribution < -0.4 is 10.9 Å². The van der Waals surface area contributed by atoms with Gasteiger partial charge in [0, 0.05) is 23.7 Å². The highest BCUT2D eigenvalue weighted by molar-refractivity contribution is 7.16. The van der Waals surface area contributed by atoms with Crippen LogP contribution in [0.3, 0.4) is 0 Å². The van der Waals surface area contributed by atoms with Crippen molar-refractivity contribution < 1.29 is 14.3 Å². The van der Waals surface area contributed by atoms with E-state index in [1.807, 2.05) is 19.1 Å². The summed E-state index contributed by atoms with van der Waals surface area (Å²) in [5.74, 6) is -0.370. The largest absolute Gasteiger partial charge is 0.456 e. The van der Waals surface area contributed by atoms with Crippen LogP contribution in [0.25, 0.3) is 4.96 Å². The van der Waals surface area contributed by atoms with Crippen molar-refractivity contribution >= 4 is 33.9 Å². The second-order valence-corrected chi connectivity index (χ2v) is 9.39. The number of carbonyl (C=O) groups excluding carboxylic acids is 2. The summed E-state index contributed by atoms with van der Waals surface area (Å²) < 4.78 is 6.61. The van der Waals surface area contributed by atoms with Crippen molar-refractivity contribution in [1.29, 1.82) is 0 Å². The van der Waals surface area contributed by atoms with Crippen LogP contribution in [0.2, 0.25) is 0 Å². The summed E-state index contributed by atoms with van der Waals surface area (Å²) in [6.45, 7) is 5.98. The van der Waals surface area contributed by atoms with Crippen molar-refractivity contribution in [3.8, 4) is 0 Å². The van der Waals surface area contributed by atoms with Crippen LogP contribution in [-0.4, -0.2) is 26.5 Å². The van der Waals surface area contributed by atoms with Crippen molar-refractivity contribution in [2.24, 2.45) is 5.92 Å². The van der Waals surface area contributed by atoms with E-state index in [1.165, 1.54) is 21.9 Å². The molecule has 1 N–H and O–H groups in total. The van der Waals surface area contributed by atoms with Gasteiger partial charge in [0.25, 0.3) is 11.5 Å². The smallest absolute Gasteiger partial charge is 0.338 e. The Hall–Kier alpha value is -3.85. The number of ether oxygens (including phenoxy) is 1. The Bertz CT molecular complexity index is 1390. The maximum atomic E-state index is 12.4. The molecule has 2 aromatic heterocycles. The zero-order valence-electron chi connectivity index (χ0n) is 19.1. The molecule has 4 rings (SSSR count). The molecule has 1 amide bonds. The molecule has 34 heavy (non-hydrogen) atoms. The third-order valence-electron chi connectivity index (χ3n) is 4.97. The lowest BCUT2D eigenvalue weighted by molar-refractivity contribution is 0.0467. The van der Waals surface area contributed by atoms with E-state index in [2.05, 4.69) is 29.2 Å². The van der Waals surface area contributed by atoms with Crippen LogP contribution in [0.15, 0.2) is 59.4 Å². The van der Waals surface area contributed by atoms with Crippen LogP contribution in [0.1, 0.15) is 50.8 Å². The van der Waals surface area contributed by atoms with Crippen LogP contribution >= 0.6 is 11.3 Å². The van der Waals surface area contributed by atoms with E-state index in [0.717, 1.165) is 17.0 Å². The van der Waals surface area contributed by atoms with Crippen molar-refractivity contribution in [3.05, 3.63) is 92.3 Å². The molecule has 0 spiro atoms. The minimum Gasteiger partial charge on any atom is -0.456 e. The summed E-state index contributed by atoms with van der Waals surface area (Å²) in [7, 11) is 0. The third-order valence-corrected chi connectivity index (χ3v) is 5.90. The highest BCUT2D eigenvalue weighted by Gasteiger charge is 2.13. The van der Waals surface area contributed by atoms with Crippen molar-refractivity contribution in [1.82, 2.24) is 14.6 Å².